The first-order valence-corrected chi connectivity index (χ1v) is 9.68. The minimum atomic E-state index is -0.0228. The van der Waals surface area contributed by atoms with Gasteiger partial charge in [-0.2, -0.15) is 0 Å². The highest BCUT2D eigenvalue weighted by atomic mass is 16.5. The third-order valence-corrected chi connectivity index (χ3v) is 4.57. The molecule has 0 saturated heterocycles. The normalized spacial score (nSPS) is 15.6. The van der Waals surface area contributed by atoms with Crippen LogP contribution in [0.3, 0.4) is 0 Å². The van der Waals surface area contributed by atoms with Crippen molar-refractivity contribution in [1.29, 1.82) is 0 Å². The number of nitrogens with zero attached hydrogens (tertiary/aromatic N) is 3. The second-order valence-electron chi connectivity index (χ2n) is 6.77. The molecule has 142 valence electrons. The number of rotatable bonds is 8. The fourth-order valence-corrected chi connectivity index (χ4v) is 3.02. The second kappa shape index (κ2) is 8.65. The van der Waals surface area contributed by atoms with Crippen molar-refractivity contribution < 1.29 is 9.26 Å². The van der Waals surface area contributed by atoms with Crippen LogP contribution in [0.15, 0.2) is 75.2 Å². The summed E-state index contributed by atoms with van der Waals surface area (Å²) in [4.78, 5) is 9.11. The molecule has 5 heteroatoms. The lowest BCUT2D eigenvalue weighted by molar-refractivity contribution is 0.309. The zero-order valence-corrected chi connectivity index (χ0v) is 15.9. The SMILES string of the molecule is CCCCOc1ccc(-c2cc(CC3C=NC(c4ccccc4)=N3)on2)cc1. The predicted molar refractivity (Wildman–Crippen MR) is 111 cm³/mol. The first-order chi connectivity index (χ1) is 13.8. The van der Waals surface area contributed by atoms with Crippen molar-refractivity contribution >= 4 is 12.1 Å². The molecule has 28 heavy (non-hydrogen) atoms. The molecule has 0 N–H and O–H groups in total. The Labute approximate surface area is 164 Å². The number of hydrogen-bond donors (Lipinski definition) is 0. The Bertz CT molecular complexity index is 959. The summed E-state index contributed by atoms with van der Waals surface area (Å²) in [7, 11) is 0. The molecule has 5 nitrogen and oxygen atoms in total. The van der Waals surface area contributed by atoms with Crippen molar-refractivity contribution in [3.8, 4) is 17.0 Å². The highest BCUT2D eigenvalue weighted by molar-refractivity contribution is 6.07. The summed E-state index contributed by atoms with van der Waals surface area (Å²) in [6.07, 6.45) is 4.70. The van der Waals surface area contributed by atoms with E-state index in [1.54, 1.807) is 0 Å². The molecule has 0 saturated carbocycles. The highest BCUT2D eigenvalue weighted by Crippen LogP contribution is 2.23. The van der Waals surface area contributed by atoms with Crippen LogP contribution in [-0.4, -0.2) is 29.9 Å². The number of amidine groups is 1. The maximum absolute atomic E-state index is 5.70. The van der Waals surface area contributed by atoms with E-state index in [0.29, 0.717) is 6.42 Å². The van der Waals surface area contributed by atoms with E-state index < -0.39 is 0 Å². The van der Waals surface area contributed by atoms with Gasteiger partial charge in [0.1, 0.15) is 17.2 Å². The molecule has 0 amide bonds. The lowest BCUT2D eigenvalue weighted by atomic mass is 10.1. The molecule has 2 heterocycles. The van der Waals surface area contributed by atoms with Gasteiger partial charge in [-0.15, -0.1) is 0 Å². The summed E-state index contributed by atoms with van der Waals surface area (Å²) < 4.78 is 11.2. The summed E-state index contributed by atoms with van der Waals surface area (Å²) in [6, 6.07) is 19.9. The van der Waals surface area contributed by atoms with Gasteiger partial charge in [-0.05, 0) is 30.7 Å². The van der Waals surface area contributed by atoms with Crippen LogP contribution in [0.5, 0.6) is 5.75 Å². The van der Waals surface area contributed by atoms with Crippen molar-refractivity contribution in [2.45, 2.75) is 32.2 Å². The maximum Gasteiger partial charge on any atom is 0.154 e. The van der Waals surface area contributed by atoms with E-state index in [4.69, 9.17) is 9.26 Å². The van der Waals surface area contributed by atoms with Crippen LogP contribution in [0.4, 0.5) is 0 Å². The zero-order valence-electron chi connectivity index (χ0n) is 15.9. The summed E-state index contributed by atoms with van der Waals surface area (Å²) in [5.74, 6) is 2.45. The molecule has 1 aliphatic heterocycles. The number of hydrogen-bond acceptors (Lipinski definition) is 5. The topological polar surface area (TPSA) is 60.0 Å². The lowest BCUT2D eigenvalue weighted by Gasteiger charge is -2.05. The van der Waals surface area contributed by atoms with Crippen LogP contribution in [0.25, 0.3) is 11.3 Å². The van der Waals surface area contributed by atoms with E-state index in [1.165, 1.54) is 0 Å². The van der Waals surface area contributed by atoms with E-state index in [-0.39, 0.29) is 6.04 Å². The van der Waals surface area contributed by atoms with E-state index in [1.807, 2.05) is 66.9 Å². The van der Waals surface area contributed by atoms with E-state index in [2.05, 4.69) is 22.1 Å². The smallest absolute Gasteiger partial charge is 0.154 e. The van der Waals surface area contributed by atoms with Gasteiger partial charge in [0.2, 0.25) is 0 Å². The first-order valence-electron chi connectivity index (χ1n) is 9.68. The Balaban J connectivity index is 1.38. The number of unbranched alkanes of at least 4 members (excludes halogenated alkanes) is 1. The van der Waals surface area contributed by atoms with Gasteiger partial charge in [-0.3, -0.25) is 4.99 Å². The molecule has 1 aliphatic rings. The van der Waals surface area contributed by atoms with Crippen LogP contribution in [0, 0.1) is 0 Å². The second-order valence-corrected chi connectivity index (χ2v) is 6.77. The van der Waals surface area contributed by atoms with Gasteiger partial charge in [0, 0.05) is 29.8 Å². The van der Waals surface area contributed by atoms with E-state index in [0.717, 1.165) is 53.6 Å². The molecule has 0 fully saturated rings. The molecule has 0 aliphatic carbocycles. The third-order valence-electron chi connectivity index (χ3n) is 4.57. The molecule has 2 aromatic carbocycles. The Morgan fingerprint density at radius 1 is 1.00 bits per heavy atom. The van der Waals surface area contributed by atoms with Crippen LogP contribution in [-0.2, 0) is 6.42 Å². The maximum atomic E-state index is 5.70. The molecule has 0 bridgehead atoms. The molecule has 4 rings (SSSR count). The Hall–Kier alpha value is -3.21. The van der Waals surface area contributed by atoms with E-state index >= 15 is 0 Å². The highest BCUT2D eigenvalue weighted by Gasteiger charge is 2.17. The monoisotopic (exact) mass is 373 g/mol. The quantitative estimate of drug-likeness (QED) is 0.524. The standard InChI is InChI=1S/C23H23N3O2/c1-2-3-13-27-20-11-9-17(10-12-20)22-15-21(28-26-22)14-19-16-24-23(25-19)18-7-5-4-6-8-18/h4-12,15-16,19H,2-3,13-14H2,1H3. The van der Waals surface area contributed by atoms with Crippen molar-refractivity contribution in [1.82, 2.24) is 5.16 Å². The van der Waals surface area contributed by atoms with Gasteiger partial charge in [-0.1, -0.05) is 48.8 Å². The summed E-state index contributed by atoms with van der Waals surface area (Å²) in [5, 5.41) is 4.20. The Morgan fingerprint density at radius 3 is 2.61 bits per heavy atom. The van der Waals surface area contributed by atoms with Crippen molar-refractivity contribution in [3.05, 3.63) is 72.0 Å². The average Bonchev–Trinajstić information content (AvgIpc) is 3.40. The predicted octanol–water partition coefficient (Wildman–Crippen LogP) is 4.96. The summed E-state index contributed by atoms with van der Waals surface area (Å²) >= 11 is 0. The lowest BCUT2D eigenvalue weighted by Crippen LogP contribution is -2.06. The zero-order chi connectivity index (χ0) is 19.2. The summed E-state index contributed by atoms with van der Waals surface area (Å²) in [6.45, 7) is 2.90. The average molecular weight is 373 g/mol. The third kappa shape index (κ3) is 4.36. The number of aromatic nitrogens is 1. The minimum Gasteiger partial charge on any atom is -0.494 e. The van der Waals surface area contributed by atoms with Gasteiger partial charge in [-0.25, -0.2) is 4.99 Å². The number of ether oxygens (including phenoxy) is 1. The minimum absolute atomic E-state index is 0.0228. The molecule has 0 radical (unpaired) electrons. The van der Waals surface area contributed by atoms with Crippen molar-refractivity contribution in [2.24, 2.45) is 9.98 Å². The van der Waals surface area contributed by atoms with Crippen LogP contribution < -0.4 is 4.74 Å². The van der Waals surface area contributed by atoms with Crippen LogP contribution in [0.1, 0.15) is 31.1 Å². The number of benzene rings is 2. The fourth-order valence-electron chi connectivity index (χ4n) is 3.02. The van der Waals surface area contributed by atoms with Crippen molar-refractivity contribution in [2.75, 3.05) is 6.61 Å². The van der Waals surface area contributed by atoms with Gasteiger partial charge in [0.25, 0.3) is 0 Å². The molecule has 1 atom stereocenters. The number of aliphatic imine (C=N–C) groups is 2. The molecule has 3 aromatic rings. The fraction of sp³-hybridized carbons (Fsp3) is 0.261. The Morgan fingerprint density at radius 2 is 1.82 bits per heavy atom. The van der Waals surface area contributed by atoms with Gasteiger partial charge in [0.15, 0.2) is 5.84 Å². The van der Waals surface area contributed by atoms with Crippen molar-refractivity contribution in [3.63, 3.8) is 0 Å². The van der Waals surface area contributed by atoms with Gasteiger partial charge >= 0.3 is 0 Å². The van der Waals surface area contributed by atoms with Crippen LogP contribution >= 0.6 is 0 Å². The van der Waals surface area contributed by atoms with Gasteiger partial charge in [0.05, 0.1) is 12.6 Å². The molecule has 1 unspecified atom stereocenters. The molecular weight excluding hydrogens is 350 g/mol. The largest absolute Gasteiger partial charge is 0.494 e. The van der Waals surface area contributed by atoms with E-state index in [9.17, 15) is 0 Å². The summed E-state index contributed by atoms with van der Waals surface area (Å²) in [5.41, 5.74) is 2.85. The molecule has 0 spiro atoms. The Kier molecular flexibility index (Phi) is 5.61. The first kappa shape index (κ1) is 18.2. The molecule has 1 aromatic heterocycles. The van der Waals surface area contributed by atoms with Crippen LogP contribution in [0.2, 0.25) is 0 Å². The molecular formula is C23H23N3O2. The van der Waals surface area contributed by atoms with Gasteiger partial charge < -0.3 is 9.26 Å².